The molecule has 3 rings (SSSR count). The molecule has 0 atom stereocenters. The number of nitrogens with one attached hydrogen (secondary N) is 2. The Balaban J connectivity index is 1.99. The highest BCUT2D eigenvalue weighted by Crippen LogP contribution is 2.25. The summed E-state index contributed by atoms with van der Waals surface area (Å²) in [5, 5.41) is 7.71. The molecule has 0 bridgehead atoms. The van der Waals surface area contributed by atoms with E-state index in [1.54, 1.807) is 36.7 Å². The SMILES string of the molecule is N=CC(=C(N)c1ccncc1)c1cccc(NS(=O)(=O)c2cc(F)ccc2F)c1. The number of nitrogens with two attached hydrogens (primary N) is 1. The minimum Gasteiger partial charge on any atom is -0.398 e. The lowest BCUT2D eigenvalue weighted by molar-refractivity contribution is 0.555. The van der Waals surface area contributed by atoms with Crippen LogP contribution in [0.3, 0.4) is 0 Å². The predicted octanol–water partition coefficient (Wildman–Crippen LogP) is 3.64. The van der Waals surface area contributed by atoms with Crippen molar-refractivity contribution in [2.45, 2.75) is 4.90 Å². The first-order valence-electron chi connectivity index (χ1n) is 8.31. The zero-order valence-corrected chi connectivity index (χ0v) is 15.7. The topological polar surface area (TPSA) is 109 Å². The highest BCUT2D eigenvalue weighted by Gasteiger charge is 2.20. The summed E-state index contributed by atoms with van der Waals surface area (Å²) in [6.45, 7) is 0. The number of sulfonamides is 1. The number of pyridine rings is 1. The number of nitrogens with zero attached hydrogens (tertiary/aromatic N) is 1. The van der Waals surface area contributed by atoms with Crippen molar-refractivity contribution in [2.75, 3.05) is 4.72 Å². The van der Waals surface area contributed by atoms with Crippen molar-refractivity contribution in [3.05, 3.63) is 89.8 Å². The Morgan fingerprint density at radius 1 is 1.03 bits per heavy atom. The van der Waals surface area contributed by atoms with Crippen LogP contribution < -0.4 is 10.5 Å². The molecule has 0 amide bonds. The quantitative estimate of drug-likeness (QED) is 0.535. The summed E-state index contributed by atoms with van der Waals surface area (Å²) in [6, 6.07) is 11.6. The third-order valence-electron chi connectivity index (χ3n) is 4.03. The smallest absolute Gasteiger partial charge is 0.264 e. The van der Waals surface area contributed by atoms with E-state index >= 15 is 0 Å². The van der Waals surface area contributed by atoms with Gasteiger partial charge in [0, 0.05) is 41.1 Å². The van der Waals surface area contributed by atoms with E-state index in [0.29, 0.717) is 28.5 Å². The molecule has 9 heteroatoms. The van der Waals surface area contributed by atoms with Crippen LogP contribution >= 0.6 is 0 Å². The minimum absolute atomic E-state index is 0.105. The van der Waals surface area contributed by atoms with Gasteiger partial charge in [-0.05, 0) is 48.0 Å². The van der Waals surface area contributed by atoms with Crippen molar-refractivity contribution in [1.29, 1.82) is 5.41 Å². The third kappa shape index (κ3) is 4.46. The minimum atomic E-state index is -4.37. The molecule has 3 aromatic rings. The Kier molecular flexibility index (Phi) is 5.69. The number of anilines is 1. The van der Waals surface area contributed by atoms with Crippen LogP contribution in [0.15, 0.2) is 71.9 Å². The maximum atomic E-state index is 13.9. The van der Waals surface area contributed by atoms with Crippen LogP contribution in [0.2, 0.25) is 0 Å². The van der Waals surface area contributed by atoms with E-state index in [4.69, 9.17) is 11.1 Å². The van der Waals surface area contributed by atoms with Crippen LogP contribution in [0.25, 0.3) is 11.3 Å². The Labute approximate surface area is 166 Å². The average Bonchev–Trinajstić information content (AvgIpc) is 2.71. The molecule has 2 aromatic carbocycles. The highest BCUT2D eigenvalue weighted by atomic mass is 32.2. The van der Waals surface area contributed by atoms with Crippen LogP contribution in [-0.2, 0) is 10.0 Å². The first-order chi connectivity index (χ1) is 13.8. The number of aromatic nitrogens is 1. The van der Waals surface area contributed by atoms with Crippen LogP contribution in [0.1, 0.15) is 11.1 Å². The van der Waals surface area contributed by atoms with Gasteiger partial charge < -0.3 is 11.1 Å². The van der Waals surface area contributed by atoms with Crippen LogP contribution in [-0.4, -0.2) is 19.6 Å². The number of rotatable bonds is 6. The van der Waals surface area contributed by atoms with E-state index in [0.717, 1.165) is 18.3 Å². The fraction of sp³-hybridized carbons (Fsp3) is 0. The number of hydrogen-bond donors (Lipinski definition) is 3. The molecule has 0 fully saturated rings. The first-order valence-corrected chi connectivity index (χ1v) is 9.79. The van der Waals surface area contributed by atoms with Gasteiger partial charge in [-0.1, -0.05) is 12.1 Å². The summed E-state index contributed by atoms with van der Waals surface area (Å²) in [7, 11) is -4.37. The summed E-state index contributed by atoms with van der Waals surface area (Å²) in [5.41, 5.74) is 8.03. The van der Waals surface area contributed by atoms with Crippen molar-refractivity contribution in [3.63, 3.8) is 0 Å². The van der Waals surface area contributed by atoms with Crippen LogP contribution in [0.4, 0.5) is 14.5 Å². The Morgan fingerprint density at radius 2 is 1.76 bits per heavy atom. The lowest BCUT2D eigenvalue weighted by Crippen LogP contribution is -2.15. The molecule has 4 N–H and O–H groups in total. The normalized spacial score (nSPS) is 12.2. The largest absolute Gasteiger partial charge is 0.398 e. The van der Waals surface area contributed by atoms with Gasteiger partial charge in [0.05, 0.1) is 0 Å². The summed E-state index contributed by atoms with van der Waals surface area (Å²) in [6.07, 6.45) is 4.17. The second-order valence-corrected chi connectivity index (χ2v) is 7.62. The van der Waals surface area contributed by atoms with Crippen molar-refractivity contribution in [1.82, 2.24) is 4.98 Å². The average molecular weight is 414 g/mol. The molecule has 0 aliphatic rings. The molecule has 1 aromatic heterocycles. The fourth-order valence-corrected chi connectivity index (χ4v) is 3.79. The monoisotopic (exact) mass is 414 g/mol. The molecule has 148 valence electrons. The van der Waals surface area contributed by atoms with Crippen LogP contribution in [0.5, 0.6) is 0 Å². The molecule has 29 heavy (non-hydrogen) atoms. The van der Waals surface area contributed by atoms with E-state index in [-0.39, 0.29) is 5.69 Å². The molecule has 0 spiro atoms. The molecule has 6 nitrogen and oxygen atoms in total. The van der Waals surface area contributed by atoms with Gasteiger partial charge in [0.15, 0.2) is 0 Å². The van der Waals surface area contributed by atoms with E-state index in [1.165, 1.54) is 12.1 Å². The second-order valence-electron chi connectivity index (χ2n) is 5.97. The molecule has 0 unspecified atom stereocenters. The maximum Gasteiger partial charge on any atom is 0.264 e. The molecular weight excluding hydrogens is 398 g/mol. The van der Waals surface area contributed by atoms with Gasteiger partial charge in [-0.3, -0.25) is 9.71 Å². The van der Waals surface area contributed by atoms with E-state index in [2.05, 4.69) is 9.71 Å². The number of hydrogen-bond acceptors (Lipinski definition) is 5. The van der Waals surface area contributed by atoms with Gasteiger partial charge >= 0.3 is 0 Å². The van der Waals surface area contributed by atoms with Gasteiger partial charge in [0.25, 0.3) is 10.0 Å². The maximum absolute atomic E-state index is 13.9. The van der Waals surface area contributed by atoms with Gasteiger partial charge in [-0.25, -0.2) is 17.2 Å². The molecule has 0 saturated carbocycles. The summed E-state index contributed by atoms with van der Waals surface area (Å²) >= 11 is 0. The fourth-order valence-electron chi connectivity index (χ4n) is 2.65. The number of halogens is 2. The Morgan fingerprint density at radius 3 is 2.45 bits per heavy atom. The molecule has 0 radical (unpaired) electrons. The summed E-state index contributed by atoms with van der Waals surface area (Å²) < 4.78 is 54.4. The molecular formula is C20H16F2N4O2S. The molecule has 1 heterocycles. The number of allylic oxidation sites excluding steroid dienone is 1. The third-order valence-corrected chi connectivity index (χ3v) is 5.43. The van der Waals surface area contributed by atoms with E-state index in [9.17, 15) is 17.2 Å². The van der Waals surface area contributed by atoms with Crippen LogP contribution in [0, 0.1) is 17.0 Å². The molecule has 0 aliphatic heterocycles. The van der Waals surface area contributed by atoms with Gasteiger partial charge in [-0.15, -0.1) is 0 Å². The zero-order chi connectivity index (χ0) is 21.0. The summed E-state index contributed by atoms with van der Waals surface area (Å²) in [5.74, 6) is -1.95. The zero-order valence-electron chi connectivity index (χ0n) is 14.9. The standard InChI is InChI=1S/C20H16F2N4O2S/c21-15-4-5-18(22)19(11-15)29(27,28)26-16-3-1-2-14(10-16)17(12-23)20(24)13-6-8-25-9-7-13/h1-12,23,26H,24H2. The van der Waals surface area contributed by atoms with Crippen molar-refractivity contribution in [2.24, 2.45) is 5.73 Å². The highest BCUT2D eigenvalue weighted by molar-refractivity contribution is 7.92. The van der Waals surface area contributed by atoms with Gasteiger partial charge in [0.2, 0.25) is 0 Å². The van der Waals surface area contributed by atoms with Crippen molar-refractivity contribution < 1.29 is 17.2 Å². The molecule has 0 saturated heterocycles. The van der Waals surface area contributed by atoms with Crippen molar-refractivity contribution in [3.8, 4) is 0 Å². The lowest BCUT2D eigenvalue weighted by atomic mass is 10.0. The predicted molar refractivity (Wildman–Crippen MR) is 108 cm³/mol. The first kappa shape index (κ1) is 20.2. The van der Waals surface area contributed by atoms with Gasteiger partial charge in [0.1, 0.15) is 16.5 Å². The van der Waals surface area contributed by atoms with E-state index in [1.807, 2.05) is 0 Å². The number of benzene rings is 2. The van der Waals surface area contributed by atoms with E-state index < -0.39 is 26.6 Å². The summed E-state index contributed by atoms with van der Waals surface area (Å²) in [4.78, 5) is 3.11. The molecule has 0 aliphatic carbocycles. The van der Waals surface area contributed by atoms with Gasteiger partial charge in [-0.2, -0.15) is 0 Å². The Hall–Kier alpha value is -3.59. The second kappa shape index (κ2) is 8.19. The lowest BCUT2D eigenvalue weighted by Gasteiger charge is -2.12. The van der Waals surface area contributed by atoms with Crippen molar-refractivity contribution >= 4 is 33.2 Å². The Bertz CT molecular complexity index is 1200.